The molecule has 2 rings (SSSR count). The Morgan fingerprint density at radius 2 is 1.81 bits per heavy atom. The van der Waals surface area contributed by atoms with Crippen LogP contribution in [0.3, 0.4) is 0 Å². The Morgan fingerprint density at radius 3 is 2.43 bits per heavy atom. The van der Waals surface area contributed by atoms with Crippen LogP contribution in [-0.4, -0.2) is 20.8 Å². The summed E-state index contributed by atoms with van der Waals surface area (Å²) in [5.74, 6) is 0.206. The highest BCUT2D eigenvalue weighted by Gasteiger charge is 2.19. The van der Waals surface area contributed by atoms with Crippen molar-refractivity contribution in [2.24, 2.45) is 0 Å². The maximum Gasteiger partial charge on any atom is 0.233 e. The molecule has 2 aromatic carbocycles. The summed E-state index contributed by atoms with van der Waals surface area (Å²) in [7, 11) is 1.79. The zero-order valence-electron chi connectivity index (χ0n) is 11.1. The molecule has 0 aliphatic rings. The molecular formula is C15H14BrClO3S. The predicted molar refractivity (Wildman–Crippen MR) is 88.5 cm³/mol. The van der Waals surface area contributed by atoms with Gasteiger partial charge in [0.1, 0.15) is 5.75 Å². The number of hydrogen-bond acceptors (Lipinski definition) is 3. The minimum Gasteiger partial charge on any atom is -0.493 e. The molecule has 2 aromatic rings. The minimum atomic E-state index is -3.60. The van der Waals surface area contributed by atoms with Crippen LogP contribution in [0.4, 0.5) is 0 Å². The number of ether oxygens (including phenoxy) is 1. The standard InChI is InChI=1S/C15H14BrClO3S/c16-14-7-4-8-15(9-14)20-10-13(11-21(17,18)19)12-5-2-1-3-6-12/h1-9,13H,10-11H2. The summed E-state index contributed by atoms with van der Waals surface area (Å²) in [6.07, 6.45) is 0. The van der Waals surface area contributed by atoms with Crippen LogP contribution >= 0.6 is 26.6 Å². The van der Waals surface area contributed by atoms with Gasteiger partial charge in [-0.2, -0.15) is 0 Å². The average Bonchev–Trinajstić information content (AvgIpc) is 2.43. The Balaban J connectivity index is 2.13. The lowest BCUT2D eigenvalue weighted by molar-refractivity contribution is 0.296. The molecule has 1 unspecified atom stereocenters. The number of benzene rings is 2. The van der Waals surface area contributed by atoms with Gasteiger partial charge in [0.25, 0.3) is 0 Å². The van der Waals surface area contributed by atoms with E-state index < -0.39 is 9.05 Å². The minimum absolute atomic E-state index is 0.160. The van der Waals surface area contributed by atoms with E-state index in [1.807, 2.05) is 54.6 Å². The summed E-state index contributed by atoms with van der Waals surface area (Å²) in [6, 6.07) is 16.8. The second-order valence-electron chi connectivity index (χ2n) is 4.58. The normalized spacial score (nSPS) is 12.9. The van der Waals surface area contributed by atoms with Gasteiger partial charge in [-0.25, -0.2) is 8.42 Å². The lowest BCUT2D eigenvalue weighted by Gasteiger charge is -2.17. The van der Waals surface area contributed by atoms with E-state index >= 15 is 0 Å². The smallest absolute Gasteiger partial charge is 0.233 e. The molecule has 0 N–H and O–H groups in total. The molecule has 21 heavy (non-hydrogen) atoms. The lowest BCUT2D eigenvalue weighted by Crippen LogP contribution is -2.18. The van der Waals surface area contributed by atoms with Gasteiger partial charge >= 0.3 is 0 Å². The van der Waals surface area contributed by atoms with E-state index in [1.165, 1.54) is 0 Å². The fourth-order valence-corrected chi connectivity index (χ4v) is 3.56. The van der Waals surface area contributed by atoms with E-state index in [4.69, 9.17) is 15.4 Å². The highest BCUT2D eigenvalue weighted by Crippen LogP contribution is 2.23. The van der Waals surface area contributed by atoms with Crippen molar-refractivity contribution in [1.29, 1.82) is 0 Å². The quantitative estimate of drug-likeness (QED) is 0.696. The van der Waals surface area contributed by atoms with E-state index in [9.17, 15) is 8.42 Å². The SMILES string of the molecule is O=S(=O)(Cl)CC(COc1cccc(Br)c1)c1ccccc1. The molecule has 0 fully saturated rings. The summed E-state index contributed by atoms with van der Waals surface area (Å²) in [6.45, 7) is 0.242. The van der Waals surface area contributed by atoms with Gasteiger partial charge in [0.2, 0.25) is 9.05 Å². The van der Waals surface area contributed by atoms with Crippen molar-refractivity contribution < 1.29 is 13.2 Å². The van der Waals surface area contributed by atoms with Crippen molar-refractivity contribution in [2.45, 2.75) is 5.92 Å². The van der Waals surface area contributed by atoms with E-state index in [2.05, 4.69) is 15.9 Å². The molecule has 6 heteroatoms. The second kappa shape index (κ2) is 7.29. The Labute approximate surface area is 137 Å². The first kappa shape index (κ1) is 16.3. The van der Waals surface area contributed by atoms with Gasteiger partial charge in [-0.05, 0) is 23.8 Å². The van der Waals surface area contributed by atoms with Crippen LogP contribution in [0.1, 0.15) is 11.5 Å². The van der Waals surface area contributed by atoms with Gasteiger partial charge in [-0.15, -0.1) is 0 Å². The summed E-state index contributed by atoms with van der Waals surface area (Å²) in [4.78, 5) is 0. The van der Waals surface area contributed by atoms with Gasteiger partial charge < -0.3 is 4.74 Å². The van der Waals surface area contributed by atoms with Crippen LogP contribution < -0.4 is 4.74 Å². The van der Waals surface area contributed by atoms with Crippen LogP contribution in [0.2, 0.25) is 0 Å². The maximum atomic E-state index is 11.4. The molecule has 0 radical (unpaired) electrons. The van der Waals surface area contributed by atoms with Gasteiger partial charge in [-0.3, -0.25) is 0 Å². The average molecular weight is 390 g/mol. The van der Waals surface area contributed by atoms with Crippen molar-refractivity contribution in [3.05, 3.63) is 64.6 Å². The summed E-state index contributed by atoms with van der Waals surface area (Å²) in [5.41, 5.74) is 0.886. The molecule has 0 saturated carbocycles. The highest BCUT2D eigenvalue weighted by atomic mass is 79.9. The van der Waals surface area contributed by atoms with Gasteiger partial charge in [0, 0.05) is 21.1 Å². The fourth-order valence-electron chi connectivity index (χ4n) is 1.96. The first-order chi connectivity index (χ1) is 9.94. The zero-order valence-corrected chi connectivity index (χ0v) is 14.2. The Bertz CT molecular complexity index is 689. The molecule has 3 nitrogen and oxygen atoms in total. The largest absolute Gasteiger partial charge is 0.493 e. The Kier molecular flexibility index (Phi) is 5.67. The molecule has 0 saturated heterocycles. The highest BCUT2D eigenvalue weighted by molar-refractivity contribution is 9.10. The van der Waals surface area contributed by atoms with Crippen molar-refractivity contribution in [3.8, 4) is 5.75 Å². The number of halogens is 2. The number of rotatable bonds is 6. The Morgan fingerprint density at radius 1 is 1.10 bits per heavy atom. The first-order valence-corrected chi connectivity index (χ1v) is 9.57. The van der Waals surface area contributed by atoms with E-state index in [0.717, 1.165) is 10.0 Å². The third-order valence-corrected chi connectivity index (χ3v) is 4.59. The summed E-state index contributed by atoms with van der Waals surface area (Å²) >= 11 is 3.37. The van der Waals surface area contributed by atoms with E-state index in [-0.39, 0.29) is 18.3 Å². The molecule has 0 bridgehead atoms. The molecule has 0 aromatic heterocycles. The molecule has 112 valence electrons. The zero-order chi connectivity index (χ0) is 15.3. The molecule has 0 spiro atoms. The second-order valence-corrected chi connectivity index (χ2v) is 8.32. The first-order valence-electron chi connectivity index (χ1n) is 6.30. The summed E-state index contributed by atoms with van der Waals surface area (Å²) < 4.78 is 29.4. The van der Waals surface area contributed by atoms with Crippen LogP contribution in [0, 0.1) is 0 Å². The molecule has 0 aliphatic heterocycles. The number of hydrogen-bond donors (Lipinski definition) is 0. The van der Waals surface area contributed by atoms with E-state index in [1.54, 1.807) is 0 Å². The molecule has 0 heterocycles. The Hall–Kier alpha value is -1.04. The third-order valence-electron chi connectivity index (χ3n) is 2.92. The fraction of sp³-hybridized carbons (Fsp3) is 0.200. The van der Waals surface area contributed by atoms with Crippen LogP contribution in [0.5, 0.6) is 5.75 Å². The summed E-state index contributed by atoms with van der Waals surface area (Å²) in [5, 5.41) is 0. The van der Waals surface area contributed by atoms with Crippen molar-refractivity contribution in [3.63, 3.8) is 0 Å². The maximum absolute atomic E-state index is 11.4. The predicted octanol–water partition coefficient (Wildman–Crippen LogP) is 4.18. The van der Waals surface area contributed by atoms with Gasteiger partial charge in [0.05, 0.1) is 12.4 Å². The van der Waals surface area contributed by atoms with Crippen LogP contribution in [0.25, 0.3) is 0 Å². The lowest BCUT2D eigenvalue weighted by atomic mass is 10.0. The van der Waals surface area contributed by atoms with Gasteiger partial charge in [-0.1, -0.05) is 52.3 Å². The molecular weight excluding hydrogens is 376 g/mol. The third kappa shape index (κ3) is 5.69. The van der Waals surface area contributed by atoms with Crippen LogP contribution in [0.15, 0.2) is 59.1 Å². The molecule has 0 aliphatic carbocycles. The van der Waals surface area contributed by atoms with Crippen LogP contribution in [-0.2, 0) is 9.05 Å². The van der Waals surface area contributed by atoms with E-state index in [0.29, 0.717) is 5.75 Å². The van der Waals surface area contributed by atoms with Crippen molar-refractivity contribution in [1.82, 2.24) is 0 Å². The van der Waals surface area contributed by atoms with Gasteiger partial charge in [0.15, 0.2) is 0 Å². The molecule has 1 atom stereocenters. The monoisotopic (exact) mass is 388 g/mol. The molecule has 0 amide bonds. The van der Waals surface area contributed by atoms with Crippen molar-refractivity contribution in [2.75, 3.05) is 12.4 Å². The van der Waals surface area contributed by atoms with Crippen molar-refractivity contribution >= 4 is 35.7 Å². The topological polar surface area (TPSA) is 43.4 Å².